The second-order valence-corrected chi connectivity index (χ2v) is 7.04. The van der Waals surface area contributed by atoms with Gasteiger partial charge in [0.1, 0.15) is 0 Å². The summed E-state index contributed by atoms with van der Waals surface area (Å²) < 4.78 is 0. The van der Waals surface area contributed by atoms with Crippen LogP contribution in [0.15, 0.2) is 77.5 Å². The van der Waals surface area contributed by atoms with Crippen LogP contribution in [0.2, 0.25) is 0 Å². The van der Waals surface area contributed by atoms with Crippen LogP contribution < -0.4 is 0 Å². The van der Waals surface area contributed by atoms with E-state index >= 15 is 0 Å². The zero-order valence-electron chi connectivity index (χ0n) is 16.5. The van der Waals surface area contributed by atoms with E-state index in [4.69, 9.17) is 0 Å². The molecule has 0 amide bonds. The molecule has 1 aromatic carbocycles. The Kier molecular flexibility index (Phi) is 6.95. The number of nitrogens with zero attached hydrogens (tertiary/aromatic N) is 1. The van der Waals surface area contributed by atoms with Crippen molar-refractivity contribution >= 4 is 0 Å². The van der Waals surface area contributed by atoms with Gasteiger partial charge < -0.3 is 0 Å². The fourth-order valence-electron chi connectivity index (χ4n) is 3.23. The van der Waals surface area contributed by atoms with Crippen LogP contribution in [0.4, 0.5) is 0 Å². The second kappa shape index (κ2) is 8.49. The van der Waals surface area contributed by atoms with Crippen molar-refractivity contribution in [3.8, 4) is 6.07 Å². The highest BCUT2D eigenvalue weighted by molar-refractivity contribution is 5.56. The quantitative estimate of drug-likeness (QED) is 0.518. The van der Waals surface area contributed by atoms with Crippen LogP contribution in [0.5, 0.6) is 0 Å². The van der Waals surface area contributed by atoms with E-state index in [1.54, 1.807) is 0 Å². The molecule has 1 heteroatoms. The Bertz CT molecular complexity index is 818. The summed E-state index contributed by atoms with van der Waals surface area (Å²) in [5.41, 5.74) is 9.57. The van der Waals surface area contributed by atoms with Crippen molar-refractivity contribution in [3.05, 3.63) is 94.1 Å². The third kappa shape index (κ3) is 4.94. The predicted molar refractivity (Wildman–Crippen MR) is 110 cm³/mol. The van der Waals surface area contributed by atoms with Crippen LogP contribution >= 0.6 is 0 Å². The molecule has 0 saturated heterocycles. The molecule has 0 radical (unpaired) electrons. The Hall–Kier alpha value is -2.59. The highest BCUT2D eigenvalue weighted by Crippen LogP contribution is 2.41. The van der Waals surface area contributed by atoms with Gasteiger partial charge >= 0.3 is 0 Å². The van der Waals surface area contributed by atoms with Crippen LogP contribution in [0.25, 0.3) is 0 Å². The third-order valence-electron chi connectivity index (χ3n) is 4.20. The molecule has 0 aliphatic heterocycles. The summed E-state index contributed by atoms with van der Waals surface area (Å²) in [5.74, 6) is 0.0319. The molecule has 1 unspecified atom stereocenters. The van der Waals surface area contributed by atoms with E-state index in [1.807, 2.05) is 32.9 Å². The van der Waals surface area contributed by atoms with Crippen LogP contribution in [0, 0.1) is 18.3 Å². The van der Waals surface area contributed by atoms with Crippen LogP contribution in [-0.4, -0.2) is 0 Å². The standard InChI is InChI=1S/C24H29N/c1-15(2)12-22(16(3)4)24(23(17(5)6)18(7)8)21-11-10-20(14-25)13-19(21)9/h10-13,24H,1,3,5H2,2,4,6-9H3/b22-12+. The van der Waals surface area contributed by atoms with E-state index in [0.29, 0.717) is 5.56 Å². The van der Waals surface area contributed by atoms with Gasteiger partial charge in [0.2, 0.25) is 0 Å². The minimum Gasteiger partial charge on any atom is -0.192 e. The van der Waals surface area contributed by atoms with Gasteiger partial charge in [0.25, 0.3) is 0 Å². The van der Waals surface area contributed by atoms with Crippen molar-refractivity contribution in [2.75, 3.05) is 0 Å². The molecule has 25 heavy (non-hydrogen) atoms. The Balaban J connectivity index is 3.85. The normalized spacial score (nSPS) is 12.1. The van der Waals surface area contributed by atoms with Gasteiger partial charge in [-0.15, -0.1) is 0 Å². The van der Waals surface area contributed by atoms with Gasteiger partial charge in [0, 0.05) is 5.92 Å². The van der Waals surface area contributed by atoms with Gasteiger partial charge in [-0.05, 0) is 75.9 Å². The van der Waals surface area contributed by atoms with Crippen LogP contribution in [-0.2, 0) is 0 Å². The Morgan fingerprint density at radius 1 is 1.04 bits per heavy atom. The number of hydrogen-bond acceptors (Lipinski definition) is 1. The maximum absolute atomic E-state index is 9.18. The van der Waals surface area contributed by atoms with E-state index in [0.717, 1.165) is 27.9 Å². The molecule has 1 rings (SSSR count). The predicted octanol–water partition coefficient (Wildman–Crippen LogP) is 6.94. The molecule has 130 valence electrons. The lowest BCUT2D eigenvalue weighted by Gasteiger charge is -2.28. The van der Waals surface area contributed by atoms with Gasteiger partial charge in [-0.3, -0.25) is 0 Å². The molecule has 0 aliphatic carbocycles. The number of aryl methyl sites for hydroxylation is 1. The lowest BCUT2D eigenvalue weighted by molar-refractivity contribution is 0.904. The summed E-state index contributed by atoms with van der Waals surface area (Å²) in [6, 6.07) is 8.10. The van der Waals surface area contributed by atoms with Crippen molar-refractivity contribution in [1.82, 2.24) is 0 Å². The van der Waals surface area contributed by atoms with Gasteiger partial charge in [-0.2, -0.15) is 5.26 Å². The van der Waals surface area contributed by atoms with E-state index in [2.05, 4.69) is 58.7 Å². The molecule has 1 nitrogen and oxygen atoms in total. The molecule has 0 spiro atoms. The smallest absolute Gasteiger partial charge is 0.0991 e. The van der Waals surface area contributed by atoms with Gasteiger partial charge in [-0.1, -0.05) is 54.2 Å². The molecule has 0 N–H and O–H groups in total. The molecule has 0 saturated carbocycles. The number of nitriles is 1. The lowest BCUT2D eigenvalue weighted by Crippen LogP contribution is -2.11. The number of benzene rings is 1. The highest BCUT2D eigenvalue weighted by atomic mass is 14.3. The molecule has 0 bridgehead atoms. The van der Waals surface area contributed by atoms with Crippen molar-refractivity contribution in [1.29, 1.82) is 5.26 Å². The first-order valence-electron chi connectivity index (χ1n) is 8.47. The molecule has 0 aromatic heterocycles. The molecule has 0 heterocycles. The summed E-state index contributed by atoms with van der Waals surface area (Å²) in [6.45, 7) is 24.8. The highest BCUT2D eigenvalue weighted by Gasteiger charge is 2.25. The first-order chi connectivity index (χ1) is 11.6. The first-order valence-corrected chi connectivity index (χ1v) is 8.47. The van der Waals surface area contributed by atoms with Crippen molar-refractivity contribution in [3.63, 3.8) is 0 Å². The van der Waals surface area contributed by atoms with E-state index in [-0.39, 0.29) is 5.92 Å². The average molecular weight is 332 g/mol. The van der Waals surface area contributed by atoms with Gasteiger partial charge in [-0.25, -0.2) is 0 Å². The minimum atomic E-state index is 0.0319. The van der Waals surface area contributed by atoms with E-state index < -0.39 is 0 Å². The van der Waals surface area contributed by atoms with Gasteiger partial charge in [0.05, 0.1) is 11.6 Å². The monoisotopic (exact) mass is 331 g/mol. The number of rotatable bonds is 6. The second-order valence-electron chi connectivity index (χ2n) is 7.04. The maximum atomic E-state index is 9.18. The molecule has 0 aliphatic rings. The molecule has 1 atom stereocenters. The topological polar surface area (TPSA) is 23.8 Å². The van der Waals surface area contributed by atoms with Crippen molar-refractivity contribution in [2.45, 2.75) is 47.5 Å². The molecule has 0 fully saturated rings. The zero-order chi connectivity index (χ0) is 19.3. The summed E-state index contributed by atoms with van der Waals surface area (Å²) >= 11 is 0. The lowest BCUT2D eigenvalue weighted by atomic mass is 9.76. The first kappa shape index (κ1) is 20.5. The Morgan fingerprint density at radius 3 is 2.00 bits per heavy atom. The fourth-order valence-corrected chi connectivity index (χ4v) is 3.23. The van der Waals surface area contributed by atoms with Crippen LogP contribution in [0.1, 0.15) is 57.2 Å². The molecular formula is C24H29N. The molecular weight excluding hydrogens is 302 g/mol. The Labute approximate surface area is 153 Å². The zero-order valence-corrected chi connectivity index (χ0v) is 16.5. The fraction of sp³-hybridized carbons (Fsp3) is 0.292. The largest absolute Gasteiger partial charge is 0.192 e. The van der Waals surface area contributed by atoms with Crippen molar-refractivity contribution in [2.24, 2.45) is 0 Å². The third-order valence-corrected chi connectivity index (χ3v) is 4.20. The summed E-state index contributed by atoms with van der Waals surface area (Å²) in [6.07, 6.45) is 2.11. The van der Waals surface area contributed by atoms with E-state index in [9.17, 15) is 5.26 Å². The van der Waals surface area contributed by atoms with Crippen LogP contribution in [0.3, 0.4) is 0 Å². The SMILES string of the molecule is C=C(C)/C=C(\C(=C)C)C(C(C(=C)C)=C(C)C)c1ccc(C#N)cc1C. The maximum Gasteiger partial charge on any atom is 0.0991 e. The van der Waals surface area contributed by atoms with Gasteiger partial charge in [0.15, 0.2) is 0 Å². The summed E-state index contributed by atoms with van der Waals surface area (Å²) in [7, 11) is 0. The summed E-state index contributed by atoms with van der Waals surface area (Å²) in [4.78, 5) is 0. The molecule has 1 aromatic rings. The number of allylic oxidation sites excluding steroid dienone is 7. The average Bonchev–Trinajstić information content (AvgIpc) is 2.49. The van der Waals surface area contributed by atoms with E-state index in [1.165, 1.54) is 16.7 Å². The number of hydrogen-bond donors (Lipinski definition) is 0. The minimum absolute atomic E-state index is 0.0319. The van der Waals surface area contributed by atoms with Crippen molar-refractivity contribution < 1.29 is 0 Å². The Morgan fingerprint density at radius 2 is 1.64 bits per heavy atom. The summed E-state index contributed by atoms with van der Waals surface area (Å²) in [5, 5.41) is 9.18.